The van der Waals surface area contributed by atoms with E-state index in [9.17, 15) is 14.0 Å². The van der Waals surface area contributed by atoms with Gasteiger partial charge in [-0.15, -0.1) is 0 Å². The van der Waals surface area contributed by atoms with Crippen LogP contribution >= 0.6 is 0 Å². The number of allylic oxidation sites excluding steroid dienone is 1. The van der Waals surface area contributed by atoms with E-state index in [1.165, 1.54) is 18.5 Å². The third-order valence-electron chi connectivity index (χ3n) is 6.44. The number of aromatic nitrogens is 1. The van der Waals surface area contributed by atoms with Crippen LogP contribution in [-0.2, 0) is 22.4 Å². The molecule has 2 aromatic rings. The van der Waals surface area contributed by atoms with Gasteiger partial charge in [-0.2, -0.15) is 4.39 Å². The molecular weight excluding hydrogens is 473 g/mol. The van der Waals surface area contributed by atoms with Crippen molar-refractivity contribution in [2.24, 2.45) is 16.6 Å². The van der Waals surface area contributed by atoms with Crippen LogP contribution in [0.1, 0.15) is 36.1 Å². The number of urea groups is 1. The van der Waals surface area contributed by atoms with Gasteiger partial charge >= 0.3 is 6.03 Å². The van der Waals surface area contributed by atoms with Gasteiger partial charge < -0.3 is 20.7 Å². The maximum absolute atomic E-state index is 13.3. The van der Waals surface area contributed by atoms with Gasteiger partial charge in [0.05, 0.1) is 0 Å². The number of nitrogens with one attached hydrogen (secondary N) is 1. The minimum Gasteiger partial charge on any atom is -0.404 e. The number of hydrogen-bond acceptors (Lipinski definition) is 5. The topological polar surface area (TPSA) is 110 Å². The smallest absolute Gasteiger partial charge is 0.341 e. The average molecular weight is 504 g/mol. The second-order valence-corrected chi connectivity index (χ2v) is 9.07. The maximum atomic E-state index is 13.3. The van der Waals surface area contributed by atoms with Crippen molar-refractivity contribution in [3.8, 4) is 11.8 Å². The Morgan fingerprint density at radius 3 is 2.86 bits per heavy atom. The Kier molecular flexibility index (Phi) is 8.64. The minimum atomic E-state index is -0.728. The third-order valence-corrected chi connectivity index (χ3v) is 6.44. The van der Waals surface area contributed by atoms with E-state index < -0.39 is 18.0 Å². The van der Waals surface area contributed by atoms with E-state index in [4.69, 9.17) is 10.5 Å². The molecule has 1 fully saturated rings. The highest BCUT2D eigenvalue weighted by molar-refractivity contribution is 6.01. The van der Waals surface area contributed by atoms with Gasteiger partial charge in [0.1, 0.15) is 6.04 Å². The van der Waals surface area contributed by atoms with Gasteiger partial charge in [-0.05, 0) is 67.3 Å². The first kappa shape index (κ1) is 26.0. The predicted molar refractivity (Wildman–Crippen MR) is 140 cm³/mol. The van der Waals surface area contributed by atoms with Crippen molar-refractivity contribution in [1.82, 2.24) is 10.3 Å². The zero-order valence-corrected chi connectivity index (χ0v) is 20.7. The van der Waals surface area contributed by atoms with Gasteiger partial charge in [-0.3, -0.25) is 4.79 Å². The third kappa shape index (κ3) is 7.02. The van der Waals surface area contributed by atoms with Gasteiger partial charge in [0.2, 0.25) is 11.9 Å². The second-order valence-electron chi connectivity index (χ2n) is 9.07. The Morgan fingerprint density at radius 1 is 1.30 bits per heavy atom. The van der Waals surface area contributed by atoms with Crippen molar-refractivity contribution >= 4 is 23.8 Å². The largest absolute Gasteiger partial charge is 0.404 e. The Bertz CT molecular complexity index is 1270. The molecule has 0 aliphatic carbocycles. The Hall–Kier alpha value is -4.03. The summed E-state index contributed by atoms with van der Waals surface area (Å²) in [6.07, 6.45) is 5.72. The van der Waals surface area contributed by atoms with Crippen LogP contribution < -0.4 is 16.0 Å². The number of fused-ring (bicyclic) bond motifs is 1. The molecular formula is C28H30FN5O3. The first-order valence-electron chi connectivity index (χ1n) is 12.3. The number of carbonyl (C=O) groups is 2. The lowest BCUT2D eigenvalue weighted by Crippen LogP contribution is -2.46. The van der Waals surface area contributed by atoms with Crippen LogP contribution in [0.2, 0.25) is 0 Å². The number of ether oxygens (including phenoxy) is 1. The monoisotopic (exact) mass is 503 g/mol. The number of nitrogens with zero attached hydrogens (tertiary/aromatic N) is 3. The summed E-state index contributed by atoms with van der Waals surface area (Å²) in [5.41, 5.74) is 9.24. The Balaban J connectivity index is 1.39. The molecule has 0 radical (unpaired) electrons. The number of pyridine rings is 1. The SMILES string of the molecule is CN1C(=O)C(NC(=O)N=CC(=CN)Cc2cccc(F)n2)CCc2ccc(C#CC3CCOCC3)cc21. The van der Waals surface area contributed by atoms with E-state index in [-0.39, 0.29) is 12.3 Å². The van der Waals surface area contributed by atoms with Crippen LogP contribution in [0.4, 0.5) is 14.9 Å². The minimum absolute atomic E-state index is 0.213. The van der Waals surface area contributed by atoms with E-state index in [1.807, 2.05) is 18.2 Å². The molecule has 1 unspecified atom stereocenters. The number of carbonyl (C=O) groups excluding carboxylic acids is 2. The molecule has 2 aliphatic rings. The fraction of sp³-hybridized carbons (Fsp3) is 0.357. The van der Waals surface area contributed by atoms with Gasteiger partial charge in [0.25, 0.3) is 0 Å². The molecule has 0 spiro atoms. The zero-order valence-electron chi connectivity index (χ0n) is 20.7. The van der Waals surface area contributed by atoms with E-state index >= 15 is 0 Å². The summed E-state index contributed by atoms with van der Waals surface area (Å²) in [4.78, 5) is 34.9. The number of nitrogens with two attached hydrogens (primary N) is 1. The molecule has 3 amide bonds. The summed E-state index contributed by atoms with van der Waals surface area (Å²) in [5.74, 6) is 6.07. The van der Waals surface area contributed by atoms with E-state index in [0.717, 1.165) is 42.9 Å². The average Bonchev–Trinajstić information content (AvgIpc) is 3.02. The molecule has 1 atom stereocenters. The molecule has 192 valence electrons. The van der Waals surface area contributed by atoms with E-state index in [0.29, 0.717) is 30.0 Å². The predicted octanol–water partition coefficient (Wildman–Crippen LogP) is 3.14. The Morgan fingerprint density at radius 2 is 2.11 bits per heavy atom. The number of benzene rings is 1. The van der Waals surface area contributed by atoms with Gasteiger partial charge in [-0.1, -0.05) is 24.0 Å². The molecule has 0 bridgehead atoms. The summed E-state index contributed by atoms with van der Waals surface area (Å²) in [6.45, 7) is 1.48. The van der Waals surface area contributed by atoms with Crippen LogP contribution in [-0.4, -0.2) is 49.4 Å². The van der Waals surface area contributed by atoms with Crippen LogP contribution in [0.25, 0.3) is 0 Å². The van der Waals surface area contributed by atoms with Gasteiger partial charge in [0.15, 0.2) is 0 Å². The molecule has 9 heteroatoms. The summed E-state index contributed by atoms with van der Waals surface area (Å²) in [6, 6.07) is 8.96. The first-order valence-corrected chi connectivity index (χ1v) is 12.3. The fourth-order valence-corrected chi connectivity index (χ4v) is 4.34. The van der Waals surface area contributed by atoms with Crippen molar-refractivity contribution in [2.45, 2.75) is 38.1 Å². The maximum Gasteiger partial charge on any atom is 0.341 e. The number of anilines is 1. The highest BCUT2D eigenvalue weighted by Gasteiger charge is 2.29. The van der Waals surface area contributed by atoms with Crippen LogP contribution in [0.15, 0.2) is 53.2 Å². The number of aryl methyl sites for hydroxylation is 1. The Labute approximate surface area is 215 Å². The quantitative estimate of drug-likeness (QED) is 0.379. The number of hydrogen-bond donors (Lipinski definition) is 2. The molecule has 3 N–H and O–H groups in total. The number of aliphatic imine (C=N–C) groups is 1. The van der Waals surface area contributed by atoms with Crippen LogP contribution in [0.5, 0.6) is 0 Å². The number of halogens is 1. The summed E-state index contributed by atoms with van der Waals surface area (Å²) >= 11 is 0. The van der Waals surface area contributed by atoms with E-state index in [2.05, 4.69) is 27.1 Å². The molecule has 37 heavy (non-hydrogen) atoms. The van der Waals surface area contributed by atoms with Crippen molar-refractivity contribution in [3.63, 3.8) is 0 Å². The van der Waals surface area contributed by atoms with Crippen molar-refractivity contribution < 1.29 is 18.7 Å². The molecule has 3 heterocycles. The molecule has 8 nitrogen and oxygen atoms in total. The summed E-state index contributed by atoms with van der Waals surface area (Å²) in [5, 5.41) is 2.70. The number of amides is 3. The lowest BCUT2D eigenvalue weighted by Gasteiger charge is -2.21. The van der Waals surface area contributed by atoms with Crippen molar-refractivity contribution in [3.05, 3.63) is 70.9 Å². The number of rotatable bonds is 4. The van der Waals surface area contributed by atoms with Crippen molar-refractivity contribution in [1.29, 1.82) is 0 Å². The molecule has 1 aromatic heterocycles. The summed E-state index contributed by atoms with van der Waals surface area (Å²) in [7, 11) is 1.70. The molecule has 0 saturated carbocycles. The number of likely N-dealkylation sites (N-methyl/N-ethyl adjacent to an activating group) is 1. The first-order chi connectivity index (χ1) is 17.9. The standard InChI is InChI=1S/C28H30FN5O3/c1-34-25-16-20(6-5-19-11-13-37-14-12-19)7-8-22(25)9-10-24(27(34)35)33-28(36)31-18-21(17-30)15-23-3-2-4-26(29)32-23/h2-4,7-8,16-19,24H,9-15,30H2,1H3,(H,33,36). The molecule has 2 aliphatic heterocycles. The highest BCUT2D eigenvalue weighted by Crippen LogP contribution is 2.27. The highest BCUT2D eigenvalue weighted by atomic mass is 19.1. The van der Waals surface area contributed by atoms with Crippen LogP contribution in [0.3, 0.4) is 0 Å². The normalized spacial score (nSPS) is 18.6. The summed E-state index contributed by atoms with van der Waals surface area (Å²) < 4.78 is 18.7. The second kappa shape index (κ2) is 12.3. The molecule has 1 saturated heterocycles. The zero-order chi connectivity index (χ0) is 26.2. The fourth-order valence-electron chi connectivity index (χ4n) is 4.34. The van der Waals surface area contributed by atoms with Crippen molar-refractivity contribution in [2.75, 3.05) is 25.2 Å². The molecule has 1 aromatic carbocycles. The van der Waals surface area contributed by atoms with E-state index in [1.54, 1.807) is 24.1 Å². The van der Waals surface area contributed by atoms with Gasteiger partial charge in [0, 0.05) is 55.8 Å². The molecule has 4 rings (SSSR count). The lowest BCUT2D eigenvalue weighted by molar-refractivity contribution is -0.120. The van der Waals surface area contributed by atoms with Gasteiger partial charge in [-0.25, -0.2) is 14.8 Å². The lowest BCUT2D eigenvalue weighted by atomic mass is 10.00. The van der Waals surface area contributed by atoms with Crippen LogP contribution in [0, 0.1) is 23.7 Å².